The van der Waals surface area contributed by atoms with E-state index in [-0.39, 0.29) is 5.41 Å². The van der Waals surface area contributed by atoms with Gasteiger partial charge in [-0.15, -0.1) is 0 Å². The summed E-state index contributed by atoms with van der Waals surface area (Å²) in [6, 6.07) is 24.3. The quantitative estimate of drug-likeness (QED) is 0.408. The van der Waals surface area contributed by atoms with Crippen LogP contribution < -0.4 is 0 Å². The van der Waals surface area contributed by atoms with Crippen LogP contribution in [0.25, 0.3) is 22.2 Å². The molecule has 3 aromatic carbocycles. The van der Waals surface area contributed by atoms with Crippen molar-refractivity contribution in [3.05, 3.63) is 89.2 Å². The molecule has 0 atom stereocenters. The summed E-state index contributed by atoms with van der Waals surface area (Å²) in [6.45, 7) is 9.74. The number of imidazole rings is 1. The Bertz CT molecular complexity index is 1220. The van der Waals surface area contributed by atoms with Crippen molar-refractivity contribution in [3.63, 3.8) is 0 Å². The molecule has 3 nitrogen and oxygen atoms in total. The van der Waals surface area contributed by atoms with Crippen LogP contribution >= 0.6 is 0 Å². The molecule has 2 heterocycles. The zero-order valence-corrected chi connectivity index (χ0v) is 19.0. The highest BCUT2D eigenvalue weighted by atomic mass is 15.2. The second kappa shape index (κ2) is 7.65. The summed E-state index contributed by atoms with van der Waals surface area (Å²) in [5.41, 5.74) is 6.73. The fourth-order valence-electron chi connectivity index (χ4n) is 4.72. The van der Waals surface area contributed by atoms with Crippen LogP contribution in [0.1, 0.15) is 43.3 Å². The van der Waals surface area contributed by atoms with Gasteiger partial charge in [-0.25, -0.2) is 4.98 Å². The largest absolute Gasteiger partial charge is 0.330 e. The topological polar surface area (TPSA) is 21.1 Å². The average Bonchev–Trinajstić information content (AvgIpc) is 3.10. The highest BCUT2D eigenvalue weighted by Crippen LogP contribution is 2.29. The van der Waals surface area contributed by atoms with Crippen LogP contribution in [0.3, 0.4) is 0 Å². The maximum absolute atomic E-state index is 5.04. The predicted molar refractivity (Wildman–Crippen MR) is 129 cm³/mol. The van der Waals surface area contributed by atoms with Crippen LogP contribution in [-0.4, -0.2) is 21.0 Å². The molecule has 0 radical (unpaired) electrons. The van der Waals surface area contributed by atoms with Crippen LogP contribution in [0.5, 0.6) is 0 Å². The van der Waals surface area contributed by atoms with Gasteiger partial charge in [0.05, 0.1) is 11.4 Å². The number of aromatic nitrogens is 2. The number of benzene rings is 3. The molecule has 3 heteroatoms. The molecule has 158 valence electrons. The van der Waals surface area contributed by atoms with Gasteiger partial charge in [-0.2, -0.15) is 0 Å². The van der Waals surface area contributed by atoms with Gasteiger partial charge in [0.15, 0.2) is 0 Å². The van der Waals surface area contributed by atoms with E-state index in [9.17, 15) is 0 Å². The minimum atomic E-state index is 0.168. The van der Waals surface area contributed by atoms with E-state index in [2.05, 4.69) is 104 Å². The van der Waals surface area contributed by atoms with Crippen molar-refractivity contribution in [2.45, 2.75) is 45.7 Å². The zero-order valence-electron chi connectivity index (χ0n) is 19.0. The predicted octanol–water partition coefficient (Wildman–Crippen LogP) is 6.10. The highest BCUT2D eigenvalue weighted by Gasteiger charge is 2.24. The Balaban J connectivity index is 1.40. The molecule has 0 aliphatic carbocycles. The first-order valence-electron chi connectivity index (χ1n) is 11.2. The summed E-state index contributed by atoms with van der Waals surface area (Å²) in [5.74, 6) is 1.08. The molecule has 31 heavy (non-hydrogen) atoms. The Morgan fingerprint density at radius 2 is 1.65 bits per heavy atom. The van der Waals surface area contributed by atoms with Gasteiger partial charge in [-0.3, -0.25) is 4.90 Å². The van der Waals surface area contributed by atoms with Crippen molar-refractivity contribution in [2.24, 2.45) is 7.05 Å². The molecule has 0 bridgehead atoms. The number of fused-ring (bicyclic) bond motifs is 2. The summed E-state index contributed by atoms with van der Waals surface area (Å²) < 4.78 is 2.30. The van der Waals surface area contributed by atoms with Gasteiger partial charge >= 0.3 is 0 Å². The molecular weight excluding hydrogens is 378 g/mol. The molecule has 0 fully saturated rings. The van der Waals surface area contributed by atoms with E-state index in [0.717, 1.165) is 31.9 Å². The van der Waals surface area contributed by atoms with Crippen molar-refractivity contribution in [1.82, 2.24) is 14.5 Å². The Morgan fingerprint density at radius 3 is 2.42 bits per heavy atom. The van der Waals surface area contributed by atoms with Crippen LogP contribution in [0.2, 0.25) is 0 Å². The van der Waals surface area contributed by atoms with Gasteiger partial charge in [0.1, 0.15) is 5.82 Å². The summed E-state index contributed by atoms with van der Waals surface area (Å²) in [5, 5.41) is 2.68. The summed E-state index contributed by atoms with van der Waals surface area (Å²) in [7, 11) is 2.17. The second-order valence-corrected chi connectivity index (χ2v) is 9.81. The lowest BCUT2D eigenvalue weighted by atomic mass is 9.87. The standard InChI is InChI=1S/C28H31N3/c1-28(2,3)23-14-12-21(13-15-23)27-29-25-16-17-31(19-26(25)30(27)4)18-22-10-7-9-20-8-5-6-11-24(20)22/h5-15H,16-19H2,1-4H3. The van der Waals surface area contributed by atoms with Gasteiger partial charge < -0.3 is 4.57 Å². The lowest BCUT2D eigenvalue weighted by Gasteiger charge is -2.27. The molecule has 1 aliphatic rings. The van der Waals surface area contributed by atoms with Gasteiger partial charge in [0.25, 0.3) is 0 Å². The van der Waals surface area contributed by atoms with E-state index in [1.807, 2.05) is 0 Å². The van der Waals surface area contributed by atoms with Gasteiger partial charge in [0, 0.05) is 38.7 Å². The first-order chi connectivity index (χ1) is 14.9. The van der Waals surface area contributed by atoms with Crippen LogP contribution in [0, 0.1) is 0 Å². The number of hydrogen-bond donors (Lipinski definition) is 0. The van der Waals surface area contributed by atoms with Crippen molar-refractivity contribution in [3.8, 4) is 11.4 Å². The molecule has 1 aliphatic heterocycles. The van der Waals surface area contributed by atoms with Crippen LogP contribution in [0.15, 0.2) is 66.7 Å². The number of nitrogens with zero attached hydrogens (tertiary/aromatic N) is 3. The summed E-state index contributed by atoms with van der Waals surface area (Å²) >= 11 is 0. The minimum absolute atomic E-state index is 0.168. The lowest BCUT2D eigenvalue weighted by Crippen LogP contribution is -2.31. The zero-order chi connectivity index (χ0) is 21.6. The van der Waals surface area contributed by atoms with E-state index < -0.39 is 0 Å². The van der Waals surface area contributed by atoms with E-state index in [4.69, 9.17) is 4.98 Å². The Labute approximate surface area is 185 Å². The van der Waals surface area contributed by atoms with Gasteiger partial charge in [0.2, 0.25) is 0 Å². The van der Waals surface area contributed by atoms with E-state index in [0.29, 0.717) is 0 Å². The maximum Gasteiger partial charge on any atom is 0.140 e. The fraction of sp³-hybridized carbons (Fsp3) is 0.321. The smallest absolute Gasteiger partial charge is 0.140 e. The Hall–Kier alpha value is -2.91. The first kappa shape index (κ1) is 20.0. The molecule has 0 amide bonds. The van der Waals surface area contributed by atoms with Gasteiger partial charge in [-0.05, 0) is 27.3 Å². The van der Waals surface area contributed by atoms with Crippen LogP contribution in [0.4, 0.5) is 0 Å². The maximum atomic E-state index is 5.04. The van der Waals surface area contributed by atoms with Crippen LogP contribution in [-0.2, 0) is 32.0 Å². The molecule has 0 saturated carbocycles. The fourth-order valence-corrected chi connectivity index (χ4v) is 4.72. The normalized spacial score (nSPS) is 14.7. The molecule has 0 spiro atoms. The molecule has 0 saturated heterocycles. The molecule has 5 rings (SSSR count). The third-order valence-corrected chi connectivity index (χ3v) is 6.62. The second-order valence-electron chi connectivity index (χ2n) is 9.81. The van der Waals surface area contributed by atoms with Crippen molar-refractivity contribution < 1.29 is 0 Å². The third-order valence-electron chi connectivity index (χ3n) is 6.62. The summed E-state index contributed by atoms with van der Waals surface area (Å²) in [6.07, 6.45) is 1.01. The minimum Gasteiger partial charge on any atom is -0.330 e. The van der Waals surface area contributed by atoms with Crippen molar-refractivity contribution >= 4 is 10.8 Å². The van der Waals surface area contributed by atoms with Crippen molar-refractivity contribution in [2.75, 3.05) is 6.54 Å². The summed E-state index contributed by atoms with van der Waals surface area (Å²) in [4.78, 5) is 7.59. The number of hydrogen-bond acceptors (Lipinski definition) is 2. The van der Waals surface area contributed by atoms with E-state index in [1.165, 1.54) is 38.9 Å². The van der Waals surface area contributed by atoms with E-state index in [1.54, 1.807) is 0 Å². The monoisotopic (exact) mass is 409 g/mol. The van der Waals surface area contributed by atoms with E-state index >= 15 is 0 Å². The third kappa shape index (κ3) is 3.79. The molecule has 0 unspecified atom stereocenters. The average molecular weight is 410 g/mol. The molecule has 0 N–H and O–H groups in total. The van der Waals surface area contributed by atoms with Crippen molar-refractivity contribution in [1.29, 1.82) is 0 Å². The molecule has 4 aromatic rings. The lowest BCUT2D eigenvalue weighted by molar-refractivity contribution is 0.239. The molecular formula is C28H31N3. The molecule has 1 aromatic heterocycles. The highest BCUT2D eigenvalue weighted by molar-refractivity contribution is 5.85. The Morgan fingerprint density at radius 1 is 0.903 bits per heavy atom. The first-order valence-corrected chi connectivity index (χ1v) is 11.2. The number of rotatable bonds is 3. The Kier molecular flexibility index (Phi) is 4.94. The van der Waals surface area contributed by atoms with Gasteiger partial charge in [-0.1, -0.05) is 87.5 Å². The SMILES string of the molecule is Cn1c(-c2ccc(C(C)(C)C)cc2)nc2c1CN(Cc1cccc3ccccc13)CC2.